The third kappa shape index (κ3) is 3.18. The molecule has 3 nitrogen and oxygen atoms in total. The van der Waals surface area contributed by atoms with E-state index in [0.29, 0.717) is 6.04 Å². The van der Waals surface area contributed by atoms with E-state index in [1.165, 1.54) is 12.8 Å². The first-order valence-corrected chi connectivity index (χ1v) is 7.54. The van der Waals surface area contributed by atoms with Gasteiger partial charge in [0.2, 0.25) is 0 Å². The van der Waals surface area contributed by atoms with Gasteiger partial charge in [0.15, 0.2) is 0 Å². The van der Waals surface area contributed by atoms with Crippen LogP contribution in [0.4, 0.5) is 0 Å². The predicted octanol–water partition coefficient (Wildman–Crippen LogP) is 4.12. The summed E-state index contributed by atoms with van der Waals surface area (Å²) in [6.45, 7) is 6.64. The monoisotopic (exact) mass is 259 g/mol. The Labute approximate surface area is 116 Å². The molecule has 0 radical (unpaired) electrons. The van der Waals surface area contributed by atoms with E-state index in [9.17, 15) is 5.26 Å². The standard InChI is InChI=1S/C16H25N3/c1-4-14(3)19-10-7-15(18-19)11-16(12-17)8-5-13(2)6-9-16/h7,10,13-14H,4-6,8-9,11H2,1-3H3. The lowest BCUT2D eigenvalue weighted by atomic mass is 9.69. The molecule has 1 aliphatic carbocycles. The van der Waals surface area contributed by atoms with Gasteiger partial charge < -0.3 is 0 Å². The van der Waals surface area contributed by atoms with Crippen LogP contribution in [0.25, 0.3) is 0 Å². The average molecular weight is 259 g/mol. The number of rotatable bonds is 4. The largest absolute Gasteiger partial charge is 0.270 e. The minimum atomic E-state index is -0.166. The molecule has 1 unspecified atom stereocenters. The highest BCUT2D eigenvalue weighted by Crippen LogP contribution is 2.40. The Hall–Kier alpha value is -1.30. The van der Waals surface area contributed by atoms with E-state index >= 15 is 0 Å². The molecule has 1 saturated carbocycles. The van der Waals surface area contributed by atoms with Crippen molar-refractivity contribution in [3.8, 4) is 6.07 Å². The molecule has 0 saturated heterocycles. The Morgan fingerprint density at radius 1 is 1.53 bits per heavy atom. The Morgan fingerprint density at radius 2 is 2.21 bits per heavy atom. The smallest absolute Gasteiger partial charge is 0.0693 e. The molecule has 0 amide bonds. The van der Waals surface area contributed by atoms with Gasteiger partial charge in [-0.3, -0.25) is 4.68 Å². The van der Waals surface area contributed by atoms with E-state index in [2.05, 4.69) is 44.2 Å². The first kappa shape index (κ1) is 14.1. The van der Waals surface area contributed by atoms with Crippen molar-refractivity contribution in [2.75, 3.05) is 0 Å². The summed E-state index contributed by atoms with van der Waals surface area (Å²) < 4.78 is 2.03. The minimum absolute atomic E-state index is 0.166. The lowest BCUT2D eigenvalue weighted by Crippen LogP contribution is -2.27. The number of hydrogen-bond donors (Lipinski definition) is 0. The zero-order chi connectivity index (χ0) is 13.9. The Bertz CT molecular complexity index is 447. The molecule has 0 N–H and O–H groups in total. The van der Waals surface area contributed by atoms with Gasteiger partial charge in [0.1, 0.15) is 0 Å². The number of hydrogen-bond acceptors (Lipinski definition) is 2. The van der Waals surface area contributed by atoms with Crippen molar-refractivity contribution >= 4 is 0 Å². The summed E-state index contributed by atoms with van der Waals surface area (Å²) in [6.07, 6.45) is 8.38. The number of nitriles is 1. The fourth-order valence-electron chi connectivity index (χ4n) is 2.89. The van der Waals surface area contributed by atoms with E-state index in [1.807, 2.05) is 4.68 Å². The topological polar surface area (TPSA) is 41.6 Å². The lowest BCUT2D eigenvalue weighted by molar-refractivity contribution is 0.217. The maximum absolute atomic E-state index is 9.57. The third-order valence-electron chi connectivity index (χ3n) is 4.69. The molecule has 0 spiro atoms. The Kier molecular flexibility index (Phi) is 4.29. The Morgan fingerprint density at radius 3 is 2.79 bits per heavy atom. The fraction of sp³-hybridized carbons (Fsp3) is 0.750. The summed E-state index contributed by atoms with van der Waals surface area (Å²) in [5, 5.41) is 14.2. The van der Waals surface area contributed by atoms with Crippen LogP contribution in [-0.4, -0.2) is 9.78 Å². The van der Waals surface area contributed by atoms with Gasteiger partial charge in [0.05, 0.1) is 17.2 Å². The minimum Gasteiger partial charge on any atom is -0.270 e. The molecule has 0 aromatic carbocycles. The molecule has 19 heavy (non-hydrogen) atoms. The van der Waals surface area contributed by atoms with E-state index < -0.39 is 0 Å². The molecule has 1 atom stereocenters. The van der Waals surface area contributed by atoms with Gasteiger partial charge in [0.25, 0.3) is 0 Å². The molecule has 1 aliphatic rings. The second kappa shape index (κ2) is 5.77. The molecule has 1 aromatic rings. The number of nitrogens with zero attached hydrogens (tertiary/aromatic N) is 3. The normalized spacial score (nSPS) is 28.8. The first-order valence-electron chi connectivity index (χ1n) is 7.54. The second-order valence-corrected chi connectivity index (χ2v) is 6.30. The van der Waals surface area contributed by atoms with Crippen LogP contribution in [0.1, 0.15) is 64.6 Å². The van der Waals surface area contributed by atoms with E-state index in [1.54, 1.807) is 0 Å². The van der Waals surface area contributed by atoms with Crippen molar-refractivity contribution in [1.29, 1.82) is 5.26 Å². The molecular formula is C16H25N3. The zero-order valence-corrected chi connectivity index (χ0v) is 12.4. The van der Waals surface area contributed by atoms with Crippen LogP contribution in [0, 0.1) is 22.7 Å². The summed E-state index contributed by atoms with van der Waals surface area (Å²) in [6, 6.07) is 5.12. The van der Waals surface area contributed by atoms with Crippen molar-refractivity contribution < 1.29 is 0 Å². The average Bonchev–Trinajstić information content (AvgIpc) is 2.89. The fourth-order valence-corrected chi connectivity index (χ4v) is 2.89. The highest BCUT2D eigenvalue weighted by Gasteiger charge is 2.35. The third-order valence-corrected chi connectivity index (χ3v) is 4.69. The highest BCUT2D eigenvalue weighted by molar-refractivity contribution is 5.11. The molecule has 2 rings (SSSR count). The lowest BCUT2D eigenvalue weighted by Gasteiger charge is -2.33. The summed E-state index contributed by atoms with van der Waals surface area (Å²) in [5.41, 5.74) is 0.914. The van der Waals surface area contributed by atoms with Crippen LogP contribution < -0.4 is 0 Å². The summed E-state index contributed by atoms with van der Waals surface area (Å²) in [4.78, 5) is 0. The summed E-state index contributed by atoms with van der Waals surface area (Å²) in [5.74, 6) is 0.777. The van der Waals surface area contributed by atoms with Crippen LogP contribution in [0.3, 0.4) is 0 Å². The van der Waals surface area contributed by atoms with Crippen LogP contribution in [0.2, 0.25) is 0 Å². The quantitative estimate of drug-likeness (QED) is 0.816. The Balaban J connectivity index is 2.07. The van der Waals surface area contributed by atoms with Gasteiger partial charge in [-0.25, -0.2) is 0 Å². The maximum atomic E-state index is 9.57. The van der Waals surface area contributed by atoms with Crippen molar-refractivity contribution in [3.63, 3.8) is 0 Å². The van der Waals surface area contributed by atoms with E-state index in [-0.39, 0.29) is 5.41 Å². The van der Waals surface area contributed by atoms with Crippen LogP contribution in [0.15, 0.2) is 12.3 Å². The summed E-state index contributed by atoms with van der Waals surface area (Å²) in [7, 11) is 0. The number of aromatic nitrogens is 2. The van der Waals surface area contributed by atoms with Gasteiger partial charge in [-0.05, 0) is 51.0 Å². The predicted molar refractivity (Wildman–Crippen MR) is 76.6 cm³/mol. The zero-order valence-electron chi connectivity index (χ0n) is 12.4. The van der Waals surface area contributed by atoms with Crippen molar-refractivity contribution in [3.05, 3.63) is 18.0 Å². The second-order valence-electron chi connectivity index (χ2n) is 6.30. The van der Waals surface area contributed by atoms with E-state index in [4.69, 9.17) is 0 Å². The maximum Gasteiger partial charge on any atom is 0.0693 e. The van der Waals surface area contributed by atoms with Gasteiger partial charge in [-0.15, -0.1) is 0 Å². The molecule has 104 valence electrons. The first-order chi connectivity index (χ1) is 9.08. The molecule has 0 aliphatic heterocycles. The molecular weight excluding hydrogens is 234 g/mol. The molecule has 1 fully saturated rings. The van der Waals surface area contributed by atoms with Crippen LogP contribution in [0.5, 0.6) is 0 Å². The molecule has 0 bridgehead atoms. The van der Waals surface area contributed by atoms with Gasteiger partial charge >= 0.3 is 0 Å². The van der Waals surface area contributed by atoms with Gasteiger partial charge in [0, 0.05) is 18.7 Å². The molecule has 1 heterocycles. The van der Waals surface area contributed by atoms with Gasteiger partial charge in [-0.2, -0.15) is 10.4 Å². The van der Waals surface area contributed by atoms with Crippen molar-refractivity contribution in [2.45, 2.75) is 65.3 Å². The van der Waals surface area contributed by atoms with Crippen molar-refractivity contribution in [1.82, 2.24) is 9.78 Å². The molecule has 1 aromatic heterocycles. The summed E-state index contributed by atoms with van der Waals surface area (Å²) >= 11 is 0. The highest BCUT2D eigenvalue weighted by atomic mass is 15.3. The van der Waals surface area contributed by atoms with Crippen molar-refractivity contribution in [2.24, 2.45) is 11.3 Å². The van der Waals surface area contributed by atoms with Crippen LogP contribution >= 0.6 is 0 Å². The van der Waals surface area contributed by atoms with Crippen LogP contribution in [-0.2, 0) is 6.42 Å². The SMILES string of the molecule is CCC(C)n1ccc(CC2(C#N)CCC(C)CC2)n1. The molecule has 3 heteroatoms. The van der Waals surface area contributed by atoms with Gasteiger partial charge in [-0.1, -0.05) is 13.8 Å². The van der Waals surface area contributed by atoms with E-state index in [0.717, 1.165) is 37.3 Å².